The van der Waals surface area contributed by atoms with Gasteiger partial charge in [0.2, 0.25) is 0 Å². The molecule has 0 aliphatic carbocycles. The van der Waals surface area contributed by atoms with Crippen LogP contribution in [0.25, 0.3) is 0 Å². The van der Waals surface area contributed by atoms with Crippen LogP contribution in [0.1, 0.15) is 6.92 Å². The smallest absolute Gasteiger partial charge is 0.371 e. The molecule has 0 saturated heterocycles. The van der Waals surface area contributed by atoms with Crippen molar-refractivity contribution in [2.45, 2.75) is 6.92 Å². The summed E-state index contributed by atoms with van der Waals surface area (Å²) in [6, 6.07) is 0. The van der Waals surface area contributed by atoms with Crippen LogP contribution < -0.4 is 5.14 Å². The highest BCUT2D eigenvalue weighted by Crippen LogP contribution is 2.10. The van der Waals surface area contributed by atoms with Crippen molar-refractivity contribution < 1.29 is 12.6 Å². The van der Waals surface area contributed by atoms with E-state index in [-0.39, 0.29) is 5.76 Å². The molecule has 5 heteroatoms. The van der Waals surface area contributed by atoms with Crippen molar-refractivity contribution in [1.29, 1.82) is 0 Å². The molecule has 0 saturated carbocycles. The van der Waals surface area contributed by atoms with E-state index in [9.17, 15) is 8.42 Å². The van der Waals surface area contributed by atoms with Crippen molar-refractivity contribution in [3.8, 4) is 0 Å². The van der Waals surface area contributed by atoms with Crippen LogP contribution in [0, 0.1) is 0 Å². The van der Waals surface area contributed by atoms with Crippen molar-refractivity contribution in [3.05, 3.63) is 36.6 Å². The fraction of sp³-hybridized carbons (Fsp3) is 0.143. The van der Waals surface area contributed by atoms with Crippen molar-refractivity contribution in [2.75, 3.05) is 0 Å². The molecule has 0 fully saturated rings. The third kappa shape index (κ3) is 4.70. The molecule has 0 aromatic carbocycles. The van der Waals surface area contributed by atoms with Crippen LogP contribution in [0.3, 0.4) is 0 Å². The second-order valence-electron chi connectivity index (χ2n) is 2.12. The van der Waals surface area contributed by atoms with E-state index in [1.807, 2.05) is 0 Å². The molecule has 0 heterocycles. The van der Waals surface area contributed by atoms with Crippen molar-refractivity contribution in [3.63, 3.8) is 0 Å². The molecule has 2 N–H and O–H groups in total. The van der Waals surface area contributed by atoms with Gasteiger partial charge in [-0.05, 0) is 18.6 Å². The molecular weight excluding hydrogens is 178 g/mol. The summed E-state index contributed by atoms with van der Waals surface area (Å²) in [4.78, 5) is 0. The molecule has 0 aliphatic heterocycles. The first kappa shape index (κ1) is 10.9. The molecule has 68 valence electrons. The van der Waals surface area contributed by atoms with E-state index in [1.54, 1.807) is 6.92 Å². The van der Waals surface area contributed by atoms with E-state index in [0.29, 0.717) is 5.57 Å². The van der Waals surface area contributed by atoms with Gasteiger partial charge in [0.15, 0.2) is 0 Å². The van der Waals surface area contributed by atoms with Crippen LogP contribution in [0.15, 0.2) is 36.6 Å². The highest BCUT2D eigenvalue weighted by atomic mass is 32.2. The maximum Gasteiger partial charge on any atom is 0.380 e. The zero-order chi connectivity index (χ0) is 9.78. The molecular formula is C7H11NO3S. The zero-order valence-corrected chi connectivity index (χ0v) is 7.60. The van der Waals surface area contributed by atoms with Gasteiger partial charge in [0, 0.05) is 0 Å². The second-order valence-corrected chi connectivity index (χ2v) is 3.28. The molecule has 0 atom stereocenters. The minimum atomic E-state index is -3.97. The lowest BCUT2D eigenvalue weighted by Gasteiger charge is -2.05. The molecule has 0 rings (SSSR count). The summed E-state index contributed by atoms with van der Waals surface area (Å²) in [6.45, 7) is 8.47. The molecule has 0 bridgehead atoms. The molecule has 12 heavy (non-hydrogen) atoms. The molecule has 0 unspecified atom stereocenters. The zero-order valence-electron chi connectivity index (χ0n) is 6.78. The fourth-order valence-electron chi connectivity index (χ4n) is 0.473. The number of rotatable bonds is 4. The van der Waals surface area contributed by atoms with Gasteiger partial charge < -0.3 is 4.18 Å². The largest absolute Gasteiger partial charge is 0.380 e. The monoisotopic (exact) mass is 189 g/mol. The van der Waals surface area contributed by atoms with E-state index in [2.05, 4.69) is 22.5 Å². The third-order valence-corrected chi connectivity index (χ3v) is 1.31. The Morgan fingerprint density at radius 3 is 2.33 bits per heavy atom. The molecule has 0 aromatic rings. The van der Waals surface area contributed by atoms with Gasteiger partial charge in [-0.25, -0.2) is 0 Å². The Morgan fingerprint density at radius 2 is 2.08 bits per heavy atom. The Labute approximate surface area is 72.3 Å². The van der Waals surface area contributed by atoms with Crippen molar-refractivity contribution in [2.24, 2.45) is 5.14 Å². The Hall–Kier alpha value is -1.07. The molecule has 0 spiro atoms. The van der Waals surface area contributed by atoms with Gasteiger partial charge in [0.25, 0.3) is 0 Å². The molecule has 0 aliphatic rings. The van der Waals surface area contributed by atoms with Crippen LogP contribution in [0.5, 0.6) is 0 Å². The average Bonchev–Trinajstić information content (AvgIpc) is 1.83. The van der Waals surface area contributed by atoms with Gasteiger partial charge in [0.1, 0.15) is 5.76 Å². The minimum absolute atomic E-state index is 0.0903. The Balaban J connectivity index is 4.69. The summed E-state index contributed by atoms with van der Waals surface area (Å²) in [5.41, 5.74) is 0.462. The van der Waals surface area contributed by atoms with Crippen molar-refractivity contribution in [1.82, 2.24) is 0 Å². The van der Waals surface area contributed by atoms with Gasteiger partial charge in [-0.3, -0.25) is 0 Å². The normalized spacial score (nSPS) is 12.3. The standard InChI is InChI=1S/C7H11NO3S/c1-4-5-7(6(2)3)11-12(8,9)10/h4-5H,1-2H2,3H3,(H2,8,9,10)/b7-5+. The molecule has 0 aromatic heterocycles. The van der Waals surface area contributed by atoms with Crippen LogP contribution in [-0.4, -0.2) is 8.42 Å². The predicted octanol–water partition coefficient (Wildman–Crippen LogP) is 0.853. The summed E-state index contributed by atoms with van der Waals surface area (Å²) < 4.78 is 25.3. The van der Waals surface area contributed by atoms with Crippen molar-refractivity contribution >= 4 is 10.3 Å². The van der Waals surface area contributed by atoms with Crippen LogP contribution in [0.2, 0.25) is 0 Å². The van der Waals surface area contributed by atoms with Crippen LogP contribution in [0.4, 0.5) is 0 Å². The molecule has 4 nitrogen and oxygen atoms in total. The maximum absolute atomic E-state index is 10.5. The Bertz CT molecular complexity index is 314. The number of hydrogen-bond donors (Lipinski definition) is 1. The maximum atomic E-state index is 10.5. The third-order valence-electron chi connectivity index (χ3n) is 0.896. The van der Waals surface area contributed by atoms with Gasteiger partial charge in [-0.15, -0.1) is 0 Å². The quantitative estimate of drug-likeness (QED) is 0.526. The fourth-order valence-corrected chi connectivity index (χ4v) is 0.921. The lowest BCUT2D eigenvalue weighted by molar-refractivity contribution is 0.415. The number of allylic oxidation sites excluding steroid dienone is 3. The van der Waals surface area contributed by atoms with Gasteiger partial charge in [0.05, 0.1) is 0 Å². The SMILES string of the molecule is C=C/C=C(/OS(N)(=O)=O)C(=C)C. The van der Waals surface area contributed by atoms with Crippen LogP contribution in [-0.2, 0) is 14.5 Å². The molecule has 0 radical (unpaired) electrons. The van der Waals surface area contributed by atoms with E-state index >= 15 is 0 Å². The van der Waals surface area contributed by atoms with E-state index < -0.39 is 10.3 Å². The summed E-state index contributed by atoms with van der Waals surface area (Å²) >= 11 is 0. The second kappa shape index (κ2) is 4.08. The highest BCUT2D eigenvalue weighted by molar-refractivity contribution is 7.84. The average molecular weight is 189 g/mol. The van der Waals surface area contributed by atoms with E-state index in [0.717, 1.165) is 0 Å². The first-order chi connectivity index (χ1) is 5.37. The lowest BCUT2D eigenvalue weighted by Crippen LogP contribution is -2.15. The summed E-state index contributed by atoms with van der Waals surface area (Å²) in [7, 11) is -3.97. The van der Waals surface area contributed by atoms with E-state index in [1.165, 1.54) is 12.2 Å². The Morgan fingerprint density at radius 1 is 1.58 bits per heavy atom. The predicted molar refractivity (Wildman–Crippen MR) is 47.3 cm³/mol. The minimum Gasteiger partial charge on any atom is -0.371 e. The summed E-state index contributed by atoms with van der Waals surface area (Å²) in [6.07, 6.45) is 2.75. The summed E-state index contributed by atoms with van der Waals surface area (Å²) in [5.74, 6) is 0.0903. The highest BCUT2D eigenvalue weighted by Gasteiger charge is 2.07. The topological polar surface area (TPSA) is 69.4 Å². The first-order valence-corrected chi connectivity index (χ1v) is 4.55. The first-order valence-electron chi connectivity index (χ1n) is 3.07. The van der Waals surface area contributed by atoms with Gasteiger partial charge in [-0.2, -0.15) is 13.6 Å². The van der Waals surface area contributed by atoms with Gasteiger partial charge >= 0.3 is 10.3 Å². The molecule has 0 amide bonds. The van der Waals surface area contributed by atoms with Gasteiger partial charge in [-0.1, -0.05) is 19.2 Å². The van der Waals surface area contributed by atoms with Crippen LogP contribution >= 0.6 is 0 Å². The summed E-state index contributed by atoms with van der Waals surface area (Å²) in [5, 5.41) is 4.64. The lowest BCUT2D eigenvalue weighted by atomic mass is 10.3. The number of hydrogen-bond acceptors (Lipinski definition) is 3. The van der Waals surface area contributed by atoms with E-state index in [4.69, 9.17) is 0 Å². The number of nitrogens with two attached hydrogens (primary N) is 1. The Kier molecular flexibility index (Phi) is 3.72.